The highest BCUT2D eigenvalue weighted by Gasteiger charge is 2.36. The Morgan fingerprint density at radius 1 is 1.33 bits per heavy atom. The Kier molecular flexibility index (Phi) is 5.20. The van der Waals surface area contributed by atoms with E-state index in [1.165, 1.54) is 4.57 Å². The number of rotatable bonds is 4. The van der Waals surface area contributed by atoms with E-state index in [1.807, 2.05) is 0 Å². The molecule has 0 radical (unpaired) electrons. The van der Waals surface area contributed by atoms with E-state index >= 15 is 0 Å². The molecule has 1 aliphatic rings. The average molecular weight is 336 g/mol. The molecule has 0 aliphatic heterocycles. The van der Waals surface area contributed by atoms with E-state index in [0.29, 0.717) is 12.5 Å². The van der Waals surface area contributed by atoms with Gasteiger partial charge in [-0.2, -0.15) is 0 Å². The number of amides is 1. The first-order chi connectivity index (χ1) is 11.2. The molecule has 2 unspecified atom stereocenters. The van der Waals surface area contributed by atoms with E-state index in [2.05, 4.69) is 36.4 Å². The van der Waals surface area contributed by atoms with Crippen LogP contribution in [0, 0.1) is 17.3 Å². The average Bonchev–Trinajstić information content (AvgIpc) is 2.45. The number of nitrogens with one attached hydrogen (secondary N) is 3. The van der Waals surface area contributed by atoms with Crippen molar-refractivity contribution in [2.24, 2.45) is 17.3 Å². The standard InChI is InChI=1S/C17H28N4O3/c1-6-21-13(12(18-5)15(23)20-16(21)24)19-14(22)11-7-10(2)8-17(3,4)9-11/h10-11,18H,6-9H2,1-5H3,(H,19,22)(H,20,23,24). The third kappa shape index (κ3) is 3.71. The van der Waals surface area contributed by atoms with Crippen LogP contribution in [-0.2, 0) is 11.3 Å². The van der Waals surface area contributed by atoms with Crippen LogP contribution in [0.4, 0.5) is 11.5 Å². The molecule has 7 heteroatoms. The lowest BCUT2D eigenvalue weighted by atomic mass is 9.68. The van der Waals surface area contributed by atoms with Gasteiger partial charge < -0.3 is 10.6 Å². The Balaban J connectivity index is 2.35. The summed E-state index contributed by atoms with van der Waals surface area (Å²) in [6.07, 6.45) is 2.73. The van der Waals surface area contributed by atoms with Crippen molar-refractivity contribution in [3.63, 3.8) is 0 Å². The third-order valence-electron chi connectivity index (χ3n) is 4.76. The van der Waals surface area contributed by atoms with Crippen molar-refractivity contribution in [2.75, 3.05) is 17.7 Å². The first-order valence-electron chi connectivity index (χ1n) is 8.54. The summed E-state index contributed by atoms with van der Waals surface area (Å²) in [7, 11) is 1.59. The number of hydrogen-bond acceptors (Lipinski definition) is 4. The summed E-state index contributed by atoms with van der Waals surface area (Å²) in [4.78, 5) is 39.0. The van der Waals surface area contributed by atoms with E-state index in [9.17, 15) is 14.4 Å². The van der Waals surface area contributed by atoms with Crippen LogP contribution in [0.15, 0.2) is 9.59 Å². The Labute approximate surface area is 141 Å². The second-order valence-corrected chi connectivity index (χ2v) is 7.58. The largest absolute Gasteiger partial charge is 0.381 e. The van der Waals surface area contributed by atoms with Gasteiger partial charge in [0.15, 0.2) is 0 Å². The molecule has 24 heavy (non-hydrogen) atoms. The molecule has 1 saturated carbocycles. The topological polar surface area (TPSA) is 96.0 Å². The van der Waals surface area contributed by atoms with Gasteiger partial charge in [-0.3, -0.25) is 19.1 Å². The summed E-state index contributed by atoms with van der Waals surface area (Å²) < 4.78 is 1.36. The highest BCUT2D eigenvalue weighted by molar-refractivity contribution is 5.94. The summed E-state index contributed by atoms with van der Waals surface area (Å²) in [5.41, 5.74) is -0.730. The van der Waals surface area contributed by atoms with Gasteiger partial charge in [0.25, 0.3) is 5.56 Å². The van der Waals surface area contributed by atoms with Crippen molar-refractivity contribution >= 4 is 17.4 Å². The number of carbonyl (C=O) groups is 1. The Bertz CT molecular complexity index is 696. The minimum atomic E-state index is -0.528. The van der Waals surface area contributed by atoms with E-state index in [-0.39, 0.29) is 28.7 Å². The smallest absolute Gasteiger partial charge is 0.330 e. The molecule has 1 heterocycles. The summed E-state index contributed by atoms with van der Waals surface area (Å²) in [6, 6.07) is 0. The van der Waals surface area contributed by atoms with Crippen molar-refractivity contribution in [2.45, 2.75) is 53.5 Å². The molecule has 134 valence electrons. The lowest BCUT2D eigenvalue weighted by molar-refractivity contribution is -0.122. The van der Waals surface area contributed by atoms with Crippen LogP contribution in [-0.4, -0.2) is 22.5 Å². The number of aromatic amines is 1. The minimum Gasteiger partial charge on any atom is -0.381 e. The number of nitrogens with zero attached hydrogens (tertiary/aromatic N) is 1. The molecular weight excluding hydrogens is 308 g/mol. The van der Waals surface area contributed by atoms with E-state index < -0.39 is 11.2 Å². The maximum Gasteiger partial charge on any atom is 0.330 e. The minimum absolute atomic E-state index is 0.115. The van der Waals surface area contributed by atoms with Gasteiger partial charge in [0.2, 0.25) is 5.91 Å². The highest BCUT2D eigenvalue weighted by Crippen LogP contribution is 2.42. The number of carbonyl (C=O) groups excluding carboxylic acids is 1. The van der Waals surface area contributed by atoms with Crippen molar-refractivity contribution in [3.8, 4) is 0 Å². The third-order valence-corrected chi connectivity index (χ3v) is 4.76. The number of H-pyrrole nitrogens is 1. The fourth-order valence-electron chi connectivity index (χ4n) is 4.00. The molecule has 0 bridgehead atoms. The molecule has 0 aromatic carbocycles. The van der Waals surface area contributed by atoms with Gasteiger partial charge >= 0.3 is 5.69 Å². The molecule has 7 nitrogen and oxygen atoms in total. The van der Waals surface area contributed by atoms with Gasteiger partial charge in [-0.1, -0.05) is 20.8 Å². The second kappa shape index (κ2) is 6.83. The van der Waals surface area contributed by atoms with Gasteiger partial charge in [0, 0.05) is 19.5 Å². The van der Waals surface area contributed by atoms with Crippen molar-refractivity contribution in [1.82, 2.24) is 9.55 Å². The molecule has 0 spiro atoms. The summed E-state index contributed by atoms with van der Waals surface area (Å²) >= 11 is 0. The Morgan fingerprint density at radius 2 is 2.00 bits per heavy atom. The summed E-state index contributed by atoms with van der Waals surface area (Å²) in [5.74, 6) is 0.474. The maximum atomic E-state index is 12.8. The second-order valence-electron chi connectivity index (χ2n) is 7.58. The molecular formula is C17H28N4O3. The van der Waals surface area contributed by atoms with Gasteiger partial charge in [-0.25, -0.2) is 4.79 Å². The fraction of sp³-hybridized carbons (Fsp3) is 0.706. The zero-order valence-electron chi connectivity index (χ0n) is 15.2. The first-order valence-corrected chi connectivity index (χ1v) is 8.54. The van der Waals surface area contributed by atoms with E-state index in [4.69, 9.17) is 0 Å². The molecule has 1 aliphatic carbocycles. The molecule has 1 fully saturated rings. The molecule has 1 amide bonds. The molecule has 1 aromatic rings. The maximum absolute atomic E-state index is 12.8. The van der Waals surface area contributed by atoms with Crippen molar-refractivity contribution in [1.29, 1.82) is 0 Å². The predicted octanol–water partition coefficient (Wildman–Crippen LogP) is 2.00. The van der Waals surface area contributed by atoms with Gasteiger partial charge in [0.1, 0.15) is 11.5 Å². The summed E-state index contributed by atoms with van der Waals surface area (Å²) in [6.45, 7) is 8.66. The molecule has 3 N–H and O–H groups in total. The zero-order valence-corrected chi connectivity index (χ0v) is 15.2. The highest BCUT2D eigenvalue weighted by atomic mass is 16.2. The fourth-order valence-corrected chi connectivity index (χ4v) is 4.00. The van der Waals surface area contributed by atoms with E-state index in [0.717, 1.165) is 19.3 Å². The van der Waals surface area contributed by atoms with Gasteiger partial charge in [0.05, 0.1) is 0 Å². The SMILES string of the molecule is CCn1c(NC(=O)C2CC(C)CC(C)(C)C2)c(NC)c(=O)[nH]c1=O. The zero-order chi connectivity index (χ0) is 18.1. The lowest BCUT2D eigenvalue weighted by Crippen LogP contribution is -2.38. The molecule has 2 atom stereocenters. The molecule has 0 saturated heterocycles. The normalized spacial score (nSPS) is 22.9. The van der Waals surface area contributed by atoms with Crippen LogP contribution in [0.5, 0.6) is 0 Å². The molecule has 2 rings (SSSR count). The number of hydrogen-bond donors (Lipinski definition) is 3. The van der Waals surface area contributed by atoms with Gasteiger partial charge in [-0.05, 0) is 37.5 Å². The molecule has 1 aromatic heterocycles. The van der Waals surface area contributed by atoms with Crippen molar-refractivity contribution < 1.29 is 4.79 Å². The van der Waals surface area contributed by atoms with Crippen LogP contribution < -0.4 is 21.9 Å². The predicted molar refractivity (Wildman–Crippen MR) is 95.5 cm³/mol. The first kappa shape index (κ1) is 18.3. The number of anilines is 2. The van der Waals surface area contributed by atoms with Gasteiger partial charge in [-0.15, -0.1) is 0 Å². The van der Waals surface area contributed by atoms with E-state index in [1.54, 1.807) is 14.0 Å². The summed E-state index contributed by atoms with van der Waals surface area (Å²) in [5, 5.41) is 5.61. The van der Waals surface area contributed by atoms with Crippen LogP contribution in [0.2, 0.25) is 0 Å². The quantitative estimate of drug-likeness (QED) is 0.783. The lowest BCUT2D eigenvalue weighted by Gasteiger charge is -2.38. The van der Waals surface area contributed by atoms with Crippen LogP contribution in [0.1, 0.15) is 47.0 Å². The Hall–Kier alpha value is -2.05. The van der Waals surface area contributed by atoms with Crippen LogP contribution >= 0.6 is 0 Å². The number of aromatic nitrogens is 2. The Morgan fingerprint density at radius 3 is 2.54 bits per heavy atom. The monoisotopic (exact) mass is 336 g/mol. The van der Waals surface area contributed by atoms with Crippen molar-refractivity contribution in [3.05, 3.63) is 20.8 Å². The van der Waals surface area contributed by atoms with Crippen LogP contribution in [0.25, 0.3) is 0 Å². The van der Waals surface area contributed by atoms with Crippen LogP contribution in [0.3, 0.4) is 0 Å².